The van der Waals surface area contributed by atoms with E-state index in [1.807, 2.05) is 91.0 Å². The number of amides is 1. The van der Waals surface area contributed by atoms with Crippen LogP contribution in [0.25, 0.3) is 0 Å². The van der Waals surface area contributed by atoms with Crippen molar-refractivity contribution < 1.29 is 14.6 Å². The highest BCUT2D eigenvalue weighted by Gasteiger charge is 2.18. The quantitative estimate of drug-likeness (QED) is 0.606. The molecule has 4 nitrogen and oxygen atoms in total. The van der Waals surface area contributed by atoms with E-state index in [1.165, 1.54) is 0 Å². The van der Waals surface area contributed by atoms with E-state index < -0.39 is 6.10 Å². The van der Waals surface area contributed by atoms with Crippen molar-refractivity contribution >= 4 is 6.09 Å². The first kappa shape index (κ1) is 19.6. The van der Waals surface area contributed by atoms with Crippen LogP contribution in [0.1, 0.15) is 29.2 Å². The van der Waals surface area contributed by atoms with Crippen LogP contribution in [-0.2, 0) is 17.9 Å². The Morgan fingerprint density at radius 3 is 1.96 bits per heavy atom. The number of hydrogen-bond acceptors (Lipinski definition) is 3. The highest BCUT2D eigenvalue weighted by Crippen LogP contribution is 2.18. The van der Waals surface area contributed by atoms with Gasteiger partial charge in [-0.05, 0) is 23.1 Å². The molecule has 3 rings (SSSR count). The van der Waals surface area contributed by atoms with Gasteiger partial charge in [-0.3, -0.25) is 0 Å². The molecule has 1 N–H and O–H groups in total. The molecule has 0 spiro atoms. The molecule has 4 heteroatoms. The average molecular weight is 375 g/mol. The van der Waals surface area contributed by atoms with Crippen LogP contribution in [0, 0.1) is 0 Å². The van der Waals surface area contributed by atoms with Crippen molar-refractivity contribution in [1.82, 2.24) is 4.90 Å². The lowest BCUT2D eigenvalue weighted by atomic mass is 10.1. The highest BCUT2D eigenvalue weighted by atomic mass is 16.6. The van der Waals surface area contributed by atoms with Gasteiger partial charge in [-0.2, -0.15) is 0 Å². The first-order valence-electron chi connectivity index (χ1n) is 9.45. The van der Waals surface area contributed by atoms with Crippen LogP contribution in [-0.4, -0.2) is 22.6 Å². The lowest BCUT2D eigenvalue weighted by Gasteiger charge is -2.24. The van der Waals surface area contributed by atoms with Gasteiger partial charge in [0.25, 0.3) is 0 Å². The van der Waals surface area contributed by atoms with Gasteiger partial charge in [0, 0.05) is 13.1 Å². The molecule has 0 bridgehead atoms. The molecule has 0 fully saturated rings. The standard InChI is InChI=1S/C24H25NO3/c26-23(22-14-8-3-9-15-22)16-17-25(18-20-10-4-1-5-11-20)24(27)28-19-21-12-6-2-7-13-21/h1-15,23,26H,16-19H2. The van der Waals surface area contributed by atoms with Crippen molar-refractivity contribution in [3.05, 3.63) is 108 Å². The molecule has 1 amide bonds. The first-order valence-corrected chi connectivity index (χ1v) is 9.45. The lowest BCUT2D eigenvalue weighted by molar-refractivity contribution is 0.0835. The van der Waals surface area contributed by atoms with E-state index in [0.29, 0.717) is 19.5 Å². The summed E-state index contributed by atoms with van der Waals surface area (Å²) in [6.07, 6.45) is -0.563. The molecule has 0 aliphatic carbocycles. The van der Waals surface area contributed by atoms with Gasteiger partial charge in [0.2, 0.25) is 0 Å². The smallest absolute Gasteiger partial charge is 0.410 e. The van der Waals surface area contributed by atoms with Gasteiger partial charge in [-0.1, -0.05) is 91.0 Å². The summed E-state index contributed by atoms with van der Waals surface area (Å²) in [5.41, 5.74) is 2.81. The predicted octanol–water partition coefficient (Wildman–Crippen LogP) is 4.95. The number of rotatable bonds is 8. The molecule has 3 aromatic carbocycles. The van der Waals surface area contributed by atoms with Crippen LogP contribution < -0.4 is 0 Å². The number of benzene rings is 3. The van der Waals surface area contributed by atoms with Gasteiger partial charge in [0.15, 0.2) is 0 Å². The first-order chi connectivity index (χ1) is 13.7. The van der Waals surface area contributed by atoms with Crippen LogP contribution >= 0.6 is 0 Å². The Morgan fingerprint density at radius 2 is 1.36 bits per heavy atom. The Hall–Kier alpha value is -3.11. The molecule has 3 aromatic rings. The summed E-state index contributed by atoms with van der Waals surface area (Å²) in [5, 5.41) is 10.4. The van der Waals surface area contributed by atoms with Gasteiger partial charge in [0.05, 0.1) is 6.10 Å². The average Bonchev–Trinajstić information content (AvgIpc) is 2.76. The lowest BCUT2D eigenvalue weighted by Crippen LogP contribution is -2.32. The molecule has 0 aliphatic heterocycles. The Balaban J connectivity index is 1.63. The van der Waals surface area contributed by atoms with E-state index in [2.05, 4.69) is 0 Å². The molecule has 144 valence electrons. The Kier molecular flexibility index (Phi) is 7.21. The normalized spacial score (nSPS) is 11.6. The third-order valence-corrected chi connectivity index (χ3v) is 4.54. The Morgan fingerprint density at radius 1 is 0.821 bits per heavy atom. The van der Waals surface area contributed by atoms with Crippen molar-refractivity contribution in [2.75, 3.05) is 6.54 Å². The molecule has 28 heavy (non-hydrogen) atoms. The fraction of sp³-hybridized carbons (Fsp3) is 0.208. The zero-order valence-electron chi connectivity index (χ0n) is 15.8. The van der Waals surface area contributed by atoms with Crippen molar-refractivity contribution in [2.45, 2.75) is 25.7 Å². The maximum absolute atomic E-state index is 12.7. The van der Waals surface area contributed by atoms with Crippen LogP contribution in [0.5, 0.6) is 0 Å². The predicted molar refractivity (Wildman–Crippen MR) is 109 cm³/mol. The van der Waals surface area contributed by atoms with Crippen LogP contribution in [0.4, 0.5) is 4.79 Å². The van der Waals surface area contributed by atoms with Gasteiger partial charge < -0.3 is 14.7 Å². The van der Waals surface area contributed by atoms with E-state index in [1.54, 1.807) is 4.90 Å². The molecule has 0 aromatic heterocycles. The molecular weight excluding hydrogens is 350 g/mol. The summed E-state index contributed by atoms with van der Waals surface area (Å²) < 4.78 is 5.51. The second-order valence-electron chi connectivity index (χ2n) is 6.66. The fourth-order valence-corrected chi connectivity index (χ4v) is 2.97. The maximum atomic E-state index is 12.7. The summed E-state index contributed by atoms with van der Waals surface area (Å²) in [5.74, 6) is 0. The molecule has 1 unspecified atom stereocenters. The van der Waals surface area contributed by atoms with Crippen molar-refractivity contribution in [1.29, 1.82) is 0 Å². The number of aliphatic hydroxyl groups excluding tert-OH is 1. The van der Waals surface area contributed by atoms with Crippen LogP contribution in [0.3, 0.4) is 0 Å². The number of hydrogen-bond donors (Lipinski definition) is 1. The third-order valence-electron chi connectivity index (χ3n) is 4.54. The molecule has 0 saturated heterocycles. The Bertz CT molecular complexity index is 837. The SMILES string of the molecule is O=C(OCc1ccccc1)N(CCC(O)c1ccccc1)Cc1ccccc1. The van der Waals surface area contributed by atoms with Crippen molar-refractivity contribution in [2.24, 2.45) is 0 Å². The van der Waals surface area contributed by atoms with Crippen LogP contribution in [0.15, 0.2) is 91.0 Å². The van der Waals surface area contributed by atoms with Gasteiger partial charge in [0.1, 0.15) is 6.61 Å². The number of aliphatic hydroxyl groups is 1. The number of nitrogens with zero attached hydrogens (tertiary/aromatic N) is 1. The van der Waals surface area contributed by atoms with E-state index in [9.17, 15) is 9.90 Å². The van der Waals surface area contributed by atoms with Gasteiger partial charge in [-0.15, -0.1) is 0 Å². The molecule has 0 saturated carbocycles. The Labute approximate surface area is 166 Å². The van der Waals surface area contributed by atoms with Crippen molar-refractivity contribution in [3.63, 3.8) is 0 Å². The monoisotopic (exact) mass is 375 g/mol. The minimum atomic E-state index is -0.624. The van der Waals surface area contributed by atoms with E-state index in [-0.39, 0.29) is 12.7 Å². The van der Waals surface area contributed by atoms with Gasteiger partial charge >= 0.3 is 6.09 Å². The van der Waals surface area contributed by atoms with Crippen molar-refractivity contribution in [3.8, 4) is 0 Å². The summed E-state index contributed by atoms with van der Waals surface area (Å²) in [4.78, 5) is 14.3. The second-order valence-corrected chi connectivity index (χ2v) is 6.66. The number of ether oxygens (including phenoxy) is 1. The van der Waals surface area contributed by atoms with E-state index in [4.69, 9.17) is 4.74 Å². The molecule has 0 radical (unpaired) electrons. The molecular formula is C24H25NO3. The summed E-state index contributed by atoms with van der Waals surface area (Å²) in [7, 11) is 0. The minimum Gasteiger partial charge on any atom is -0.445 e. The van der Waals surface area contributed by atoms with Crippen LogP contribution in [0.2, 0.25) is 0 Å². The summed E-state index contributed by atoms with van der Waals surface area (Å²) in [6.45, 7) is 1.07. The summed E-state index contributed by atoms with van der Waals surface area (Å²) >= 11 is 0. The third kappa shape index (κ3) is 5.96. The van der Waals surface area contributed by atoms with E-state index >= 15 is 0 Å². The molecule has 0 aliphatic rings. The zero-order chi connectivity index (χ0) is 19.6. The summed E-state index contributed by atoms with van der Waals surface area (Å²) in [6, 6.07) is 28.9. The largest absolute Gasteiger partial charge is 0.445 e. The van der Waals surface area contributed by atoms with Gasteiger partial charge in [-0.25, -0.2) is 4.79 Å². The number of carbonyl (C=O) groups is 1. The minimum absolute atomic E-state index is 0.228. The molecule has 0 heterocycles. The topological polar surface area (TPSA) is 49.8 Å². The zero-order valence-corrected chi connectivity index (χ0v) is 15.8. The van der Waals surface area contributed by atoms with E-state index in [0.717, 1.165) is 16.7 Å². The maximum Gasteiger partial charge on any atom is 0.410 e. The number of carbonyl (C=O) groups excluding carboxylic acids is 1. The fourth-order valence-electron chi connectivity index (χ4n) is 2.97. The highest BCUT2D eigenvalue weighted by molar-refractivity contribution is 5.67. The second kappa shape index (κ2) is 10.3. The molecule has 1 atom stereocenters.